The number of nitrogens with two attached hydrogens (primary N) is 1. The fourth-order valence-electron chi connectivity index (χ4n) is 3.26. The van der Waals surface area contributed by atoms with Crippen molar-refractivity contribution in [3.63, 3.8) is 0 Å². The van der Waals surface area contributed by atoms with Crippen molar-refractivity contribution in [3.05, 3.63) is 65.1 Å². The Bertz CT molecular complexity index is 896. The monoisotopic (exact) mass is 336 g/mol. The van der Waals surface area contributed by atoms with Crippen molar-refractivity contribution in [2.75, 3.05) is 5.32 Å². The van der Waals surface area contributed by atoms with Crippen molar-refractivity contribution in [3.8, 4) is 0 Å². The first-order valence-electron chi connectivity index (χ1n) is 8.42. The third kappa shape index (κ3) is 3.06. The Hall–Kier alpha value is -2.93. The Balaban J connectivity index is 1.51. The topological polar surface area (TPSA) is 90.8 Å². The average Bonchev–Trinajstić information content (AvgIpc) is 3.31. The van der Waals surface area contributed by atoms with E-state index >= 15 is 0 Å². The van der Waals surface area contributed by atoms with Crippen LogP contribution in [0.2, 0.25) is 0 Å². The van der Waals surface area contributed by atoms with E-state index in [2.05, 4.69) is 15.5 Å². The van der Waals surface area contributed by atoms with Crippen molar-refractivity contribution < 1.29 is 4.79 Å². The quantitative estimate of drug-likeness (QED) is 0.743. The van der Waals surface area contributed by atoms with Gasteiger partial charge in [0.1, 0.15) is 0 Å². The molecule has 3 N–H and O–H groups in total. The number of aryl methyl sites for hydroxylation is 1. The Kier molecular flexibility index (Phi) is 4.07. The van der Waals surface area contributed by atoms with Crippen molar-refractivity contribution in [1.29, 1.82) is 0 Å². The summed E-state index contributed by atoms with van der Waals surface area (Å²) in [7, 11) is 0. The maximum atomic E-state index is 12.7. The average molecular weight is 336 g/mol. The van der Waals surface area contributed by atoms with Gasteiger partial charge in [-0.2, -0.15) is 10.2 Å². The van der Waals surface area contributed by atoms with E-state index in [0.29, 0.717) is 23.6 Å². The predicted octanol–water partition coefficient (Wildman–Crippen LogP) is 1.79. The summed E-state index contributed by atoms with van der Waals surface area (Å²) in [4.78, 5) is 12.7. The highest BCUT2D eigenvalue weighted by Crippen LogP contribution is 2.23. The first kappa shape index (κ1) is 15.6. The molecule has 4 rings (SSSR count). The summed E-state index contributed by atoms with van der Waals surface area (Å²) >= 11 is 0. The van der Waals surface area contributed by atoms with Crippen LogP contribution in [0.3, 0.4) is 0 Å². The van der Waals surface area contributed by atoms with Crippen LogP contribution < -0.4 is 11.1 Å². The molecule has 0 fully saturated rings. The van der Waals surface area contributed by atoms with Crippen LogP contribution in [0.1, 0.15) is 33.7 Å². The molecule has 0 atom stereocenters. The largest absolute Gasteiger partial charge is 0.325 e. The molecule has 0 spiro atoms. The van der Waals surface area contributed by atoms with E-state index in [-0.39, 0.29) is 12.5 Å². The number of amides is 1. The Morgan fingerprint density at radius 2 is 2.04 bits per heavy atom. The van der Waals surface area contributed by atoms with E-state index in [9.17, 15) is 4.79 Å². The molecule has 25 heavy (non-hydrogen) atoms. The fourth-order valence-corrected chi connectivity index (χ4v) is 3.26. The van der Waals surface area contributed by atoms with Crippen LogP contribution in [-0.2, 0) is 26.1 Å². The number of aromatic nitrogens is 4. The van der Waals surface area contributed by atoms with E-state index in [4.69, 9.17) is 5.73 Å². The summed E-state index contributed by atoms with van der Waals surface area (Å²) in [6.07, 6.45) is 3.73. The third-order valence-corrected chi connectivity index (χ3v) is 4.40. The normalized spacial score (nSPS) is 13.0. The van der Waals surface area contributed by atoms with Gasteiger partial charge in [-0.05, 0) is 18.4 Å². The van der Waals surface area contributed by atoms with Gasteiger partial charge in [0.2, 0.25) is 0 Å². The number of fused-ring (bicyclic) bond motifs is 1. The van der Waals surface area contributed by atoms with E-state index in [1.807, 2.05) is 41.2 Å². The van der Waals surface area contributed by atoms with Crippen molar-refractivity contribution in [1.82, 2.24) is 19.6 Å². The molecule has 0 aliphatic carbocycles. The number of rotatable bonds is 5. The second-order valence-corrected chi connectivity index (χ2v) is 6.14. The zero-order valence-electron chi connectivity index (χ0n) is 13.9. The molecule has 3 heterocycles. The van der Waals surface area contributed by atoms with Crippen LogP contribution >= 0.6 is 0 Å². The lowest BCUT2D eigenvalue weighted by molar-refractivity contribution is 0.102. The van der Waals surface area contributed by atoms with E-state index in [1.54, 1.807) is 10.7 Å². The number of nitrogens with one attached hydrogen (secondary N) is 1. The van der Waals surface area contributed by atoms with Crippen LogP contribution in [0.25, 0.3) is 0 Å². The van der Waals surface area contributed by atoms with Gasteiger partial charge in [0.05, 0.1) is 23.5 Å². The zero-order valence-corrected chi connectivity index (χ0v) is 13.9. The van der Waals surface area contributed by atoms with Gasteiger partial charge in [-0.1, -0.05) is 30.3 Å². The number of hydrogen-bond acceptors (Lipinski definition) is 4. The highest BCUT2D eigenvalue weighted by atomic mass is 16.1. The number of anilines is 1. The van der Waals surface area contributed by atoms with Gasteiger partial charge in [-0.25, -0.2) is 0 Å². The number of carbonyl (C=O) groups is 1. The summed E-state index contributed by atoms with van der Waals surface area (Å²) in [5.74, 6) is 0.343. The summed E-state index contributed by atoms with van der Waals surface area (Å²) in [6, 6.07) is 11.9. The van der Waals surface area contributed by atoms with Crippen molar-refractivity contribution >= 4 is 11.7 Å². The molecule has 0 bridgehead atoms. The van der Waals surface area contributed by atoms with Gasteiger partial charge < -0.3 is 11.1 Å². The molecule has 128 valence electrons. The SMILES string of the molecule is NCc1nn2c(c1C(=O)Nc1ccn(Cc3ccccc3)n1)CCC2. The molecular formula is C18H20N6O. The summed E-state index contributed by atoms with van der Waals surface area (Å²) in [5, 5.41) is 11.7. The lowest BCUT2D eigenvalue weighted by atomic mass is 10.1. The molecule has 0 unspecified atom stereocenters. The molecule has 0 saturated heterocycles. The van der Waals surface area contributed by atoms with Crippen LogP contribution in [0.15, 0.2) is 42.6 Å². The molecule has 7 heteroatoms. The van der Waals surface area contributed by atoms with E-state index in [0.717, 1.165) is 30.6 Å². The van der Waals surface area contributed by atoms with Crippen LogP contribution in [0.4, 0.5) is 5.82 Å². The maximum Gasteiger partial charge on any atom is 0.260 e. The number of benzene rings is 1. The highest BCUT2D eigenvalue weighted by molar-refractivity contribution is 6.05. The van der Waals surface area contributed by atoms with Gasteiger partial charge in [0.15, 0.2) is 5.82 Å². The zero-order chi connectivity index (χ0) is 17.2. The van der Waals surface area contributed by atoms with Crippen molar-refractivity contribution in [2.24, 2.45) is 5.73 Å². The minimum atomic E-state index is -0.187. The van der Waals surface area contributed by atoms with E-state index < -0.39 is 0 Å². The first-order valence-corrected chi connectivity index (χ1v) is 8.42. The molecule has 0 radical (unpaired) electrons. The minimum absolute atomic E-state index is 0.187. The number of hydrogen-bond donors (Lipinski definition) is 2. The first-order chi connectivity index (χ1) is 12.2. The van der Waals surface area contributed by atoms with Gasteiger partial charge >= 0.3 is 0 Å². The van der Waals surface area contributed by atoms with Gasteiger partial charge in [-0.15, -0.1) is 0 Å². The molecule has 0 saturated carbocycles. The molecule has 1 aliphatic rings. The third-order valence-electron chi connectivity index (χ3n) is 4.40. The van der Waals surface area contributed by atoms with E-state index in [1.165, 1.54) is 0 Å². The second kappa shape index (κ2) is 6.52. The fraction of sp³-hybridized carbons (Fsp3) is 0.278. The van der Waals surface area contributed by atoms with Crippen LogP contribution in [0, 0.1) is 0 Å². The molecule has 2 aromatic heterocycles. The Morgan fingerprint density at radius 3 is 2.84 bits per heavy atom. The molecular weight excluding hydrogens is 316 g/mol. The maximum absolute atomic E-state index is 12.7. The van der Waals surface area contributed by atoms with Gasteiger partial charge in [0.25, 0.3) is 5.91 Å². The smallest absolute Gasteiger partial charge is 0.260 e. The molecule has 1 aliphatic heterocycles. The van der Waals surface area contributed by atoms with Crippen LogP contribution in [-0.4, -0.2) is 25.5 Å². The number of nitrogens with zero attached hydrogens (tertiary/aromatic N) is 4. The molecule has 1 aromatic carbocycles. The Labute approximate surface area is 145 Å². The van der Waals surface area contributed by atoms with Gasteiger partial charge in [0, 0.05) is 25.4 Å². The lowest BCUT2D eigenvalue weighted by Gasteiger charge is -2.04. The molecule has 1 amide bonds. The van der Waals surface area contributed by atoms with Crippen LogP contribution in [0.5, 0.6) is 0 Å². The molecule has 7 nitrogen and oxygen atoms in total. The minimum Gasteiger partial charge on any atom is -0.325 e. The lowest BCUT2D eigenvalue weighted by Crippen LogP contribution is -2.17. The van der Waals surface area contributed by atoms with Gasteiger partial charge in [-0.3, -0.25) is 14.2 Å². The predicted molar refractivity (Wildman–Crippen MR) is 94.2 cm³/mol. The standard InChI is InChI=1S/C18H20N6O/c19-11-14-17(15-7-4-9-24(15)21-14)18(25)20-16-8-10-23(22-16)12-13-5-2-1-3-6-13/h1-3,5-6,8,10H,4,7,9,11-12,19H2,(H,20,22,25). The summed E-state index contributed by atoms with van der Waals surface area (Å²) in [6.45, 7) is 1.76. The highest BCUT2D eigenvalue weighted by Gasteiger charge is 2.26. The summed E-state index contributed by atoms with van der Waals surface area (Å²) in [5.41, 5.74) is 9.14. The van der Waals surface area contributed by atoms with Crippen molar-refractivity contribution in [2.45, 2.75) is 32.5 Å². The second-order valence-electron chi connectivity index (χ2n) is 6.14. The number of carbonyl (C=O) groups excluding carboxylic acids is 1. The Morgan fingerprint density at radius 1 is 1.20 bits per heavy atom. The molecule has 3 aromatic rings. The summed E-state index contributed by atoms with van der Waals surface area (Å²) < 4.78 is 3.70.